The average Bonchev–Trinajstić information content (AvgIpc) is 2.36. The van der Waals surface area contributed by atoms with E-state index >= 15 is 0 Å². The van der Waals surface area contributed by atoms with Crippen LogP contribution in [0.3, 0.4) is 0 Å². The highest BCUT2D eigenvalue weighted by atomic mass is 19.3. The van der Waals surface area contributed by atoms with Crippen molar-refractivity contribution in [3.63, 3.8) is 0 Å². The number of hydrogen-bond donors (Lipinski definition) is 1. The summed E-state index contributed by atoms with van der Waals surface area (Å²) >= 11 is 0. The van der Waals surface area contributed by atoms with Crippen LogP contribution < -0.4 is 4.74 Å². The van der Waals surface area contributed by atoms with Gasteiger partial charge in [-0.05, 0) is 30.8 Å². The Labute approximate surface area is 111 Å². The highest BCUT2D eigenvalue weighted by Crippen LogP contribution is 2.18. The molecule has 0 aromatic heterocycles. The fraction of sp³-hybridized carbons (Fsp3) is 0.429. The van der Waals surface area contributed by atoms with Crippen LogP contribution in [0, 0.1) is 11.8 Å². The van der Waals surface area contributed by atoms with Crippen molar-refractivity contribution in [3.8, 4) is 17.6 Å². The lowest BCUT2D eigenvalue weighted by Crippen LogP contribution is -2.24. The monoisotopic (exact) mass is 269 g/mol. The molecule has 1 aromatic rings. The summed E-state index contributed by atoms with van der Waals surface area (Å²) in [5.41, 5.74) is 1.50. The van der Waals surface area contributed by atoms with E-state index < -0.39 is 6.43 Å². The maximum atomic E-state index is 12.3. The summed E-state index contributed by atoms with van der Waals surface area (Å²) in [6.07, 6.45) is -2.37. The SMILES string of the molecule is COc1ccc(C#CCO)c(CN(C)CC(F)F)c1. The van der Waals surface area contributed by atoms with Gasteiger partial charge in [0.15, 0.2) is 0 Å². The van der Waals surface area contributed by atoms with Crippen LogP contribution in [-0.2, 0) is 6.54 Å². The highest BCUT2D eigenvalue weighted by molar-refractivity contribution is 5.45. The van der Waals surface area contributed by atoms with Gasteiger partial charge >= 0.3 is 0 Å². The molecule has 0 aliphatic heterocycles. The van der Waals surface area contributed by atoms with Gasteiger partial charge in [-0.25, -0.2) is 8.78 Å². The first kappa shape index (κ1) is 15.4. The number of alkyl halides is 2. The maximum absolute atomic E-state index is 12.3. The number of ether oxygens (including phenoxy) is 1. The lowest BCUT2D eigenvalue weighted by Gasteiger charge is -2.17. The van der Waals surface area contributed by atoms with E-state index in [0.29, 0.717) is 17.9 Å². The third kappa shape index (κ3) is 5.25. The molecular formula is C14H17F2NO2. The maximum Gasteiger partial charge on any atom is 0.251 e. The number of benzene rings is 1. The quantitative estimate of drug-likeness (QED) is 0.826. The van der Waals surface area contributed by atoms with Crippen LogP contribution in [0.15, 0.2) is 18.2 Å². The molecule has 0 radical (unpaired) electrons. The Kier molecular flexibility index (Phi) is 6.26. The minimum Gasteiger partial charge on any atom is -0.497 e. The zero-order valence-electron chi connectivity index (χ0n) is 11.0. The molecule has 0 unspecified atom stereocenters. The second-order valence-corrected chi connectivity index (χ2v) is 4.07. The van der Waals surface area contributed by atoms with Crippen LogP contribution in [0.4, 0.5) is 8.78 Å². The Balaban J connectivity index is 2.94. The van der Waals surface area contributed by atoms with Crippen molar-refractivity contribution in [3.05, 3.63) is 29.3 Å². The molecule has 19 heavy (non-hydrogen) atoms. The van der Waals surface area contributed by atoms with Crippen LogP contribution in [0.25, 0.3) is 0 Å². The first-order chi connectivity index (χ1) is 9.06. The first-order valence-electron chi connectivity index (χ1n) is 5.80. The van der Waals surface area contributed by atoms with E-state index in [1.807, 2.05) is 0 Å². The van der Waals surface area contributed by atoms with Crippen LogP contribution in [-0.4, -0.2) is 43.7 Å². The molecule has 0 amide bonds. The molecule has 0 bridgehead atoms. The molecule has 3 nitrogen and oxygen atoms in total. The zero-order chi connectivity index (χ0) is 14.3. The van der Waals surface area contributed by atoms with E-state index in [2.05, 4.69) is 11.8 Å². The van der Waals surface area contributed by atoms with Gasteiger partial charge in [-0.2, -0.15) is 0 Å². The smallest absolute Gasteiger partial charge is 0.251 e. The number of nitrogens with zero attached hydrogens (tertiary/aromatic N) is 1. The lowest BCUT2D eigenvalue weighted by atomic mass is 10.1. The van der Waals surface area contributed by atoms with E-state index in [9.17, 15) is 8.78 Å². The minimum absolute atomic E-state index is 0.238. The molecule has 0 fully saturated rings. The Bertz CT molecular complexity index is 466. The summed E-state index contributed by atoms with van der Waals surface area (Å²) in [5.74, 6) is 6.01. The summed E-state index contributed by atoms with van der Waals surface area (Å²) in [7, 11) is 3.16. The largest absolute Gasteiger partial charge is 0.497 e. The number of rotatable bonds is 5. The van der Waals surface area contributed by atoms with Crippen LogP contribution in [0.1, 0.15) is 11.1 Å². The molecule has 0 saturated carbocycles. The van der Waals surface area contributed by atoms with Crippen molar-refractivity contribution in [1.29, 1.82) is 0 Å². The van der Waals surface area contributed by atoms with Crippen LogP contribution in [0.5, 0.6) is 5.75 Å². The molecule has 0 heterocycles. The summed E-state index contributed by atoms with van der Waals surface area (Å²) in [4.78, 5) is 1.52. The molecule has 104 valence electrons. The summed E-state index contributed by atoms with van der Waals surface area (Å²) < 4.78 is 29.7. The Morgan fingerprint density at radius 2 is 2.16 bits per heavy atom. The van der Waals surface area contributed by atoms with Crippen molar-refractivity contribution in [2.24, 2.45) is 0 Å². The Morgan fingerprint density at radius 1 is 1.42 bits per heavy atom. The van der Waals surface area contributed by atoms with Crippen molar-refractivity contribution < 1.29 is 18.6 Å². The van der Waals surface area contributed by atoms with Gasteiger partial charge < -0.3 is 9.84 Å². The van der Waals surface area contributed by atoms with Gasteiger partial charge in [-0.15, -0.1) is 0 Å². The van der Waals surface area contributed by atoms with Crippen LogP contribution >= 0.6 is 0 Å². The molecule has 0 atom stereocenters. The van der Waals surface area contributed by atoms with Gasteiger partial charge in [0.25, 0.3) is 6.43 Å². The molecular weight excluding hydrogens is 252 g/mol. The summed E-state index contributed by atoms with van der Waals surface area (Å²) in [6.45, 7) is -0.195. The molecule has 1 rings (SSSR count). The minimum atomic E-state index is -2.37. The summed E-state index contributed by atoms with van der Waals surface area (Å²) in [6, 6.07) is 5.27. The third-order valence-corrected chi connectivity index (χ3v) is 2.50. The van der Waals surface area contributed by atoms with Crippen molar-refractivity contribution in [2.45, 2.75) is 13.0 Å². The van der Waals surface area contributed by atoms with Gasteiger partial charge in [0.1, 0.15) is 12.4 Å². The average molecular weight is 269 g/mol. The highest BCUT2D eigenvalue weighted by Gasteiger charge is 2.10. The number of methoxy groups -OCH3 is 1. The van der Waals surface area contributed by atoms with Crippen LogP contribution in [0.2, 0.25) is 0 Å². The number of halogens is 2. The molecule has 1 N–H and O–H groups in total. The van der Waals surface area contributed by atoms with Crippen molar-refractivity contribution in [1.82, 2.24) is 4.90 Å². The van der Waals surface area contributed by atoms with Gasteiger partial charge in [0, 0.05) is 12.1 Å². The molecule has 0 spiro atoms. The number of aliphatic hydroxyl groups is 1. The van der Waals surface area contributed by atoms with E-state index in [-0.39, 0.29) is 13.2 Å². The molecule has 5 heteroatoms. The third-order valence-electron chi connectivity index (χ3n) is 2.50. The van der Waals surface area contributed by atoms with Gasteiger partial charge in [-0.1, -0.05) is 11.8 Å². The van der Waals surface area contributed by atoms with Gasteiger partial charge in [0.05, 0.1) is 13.7 Å². The zero-order valence-corrected chi connectivity index (χ0v) is 11.0. The van der Waals surface area contributed by atoms with E-state index in [4.69, 9.17) is 9.84 Å². The molecule has 0 saturated heterocycles. The fourth-order valence-electron chi connectivity index (χ4n) is 1.68. The second kappa shape index (κ2) is 7.72. The molecule has 0 aliphatic rings. The van der Waals surface area contributed by atoms with Crippen molar-refractivity contribution in [2.75, 3.05) is 27.3 Å². The van der Waals surface area contributed by atoms with E-state index in [1.54, 1.807) is 32.4 Å². The molecule has 1 aromatic carbocycles. The predicted molar refractivity (Wildman–Crippen MR) is 69.3 cm³/mol. The van der Waals surface area contributed by atoms with Crippen molar-refractivity contribution >= 4 is 0 Å². The van der Waals surface area contributed by atoms with E-state index in [0.717, 1.165) is 5.56 Å². The number of aliphatic hydroxyl groups excluding tert-OH is 1. The second-order valence-electron chi connectivity index (χ2n) is 4.07. The normalized spacial score (nSPS) is 10.5. The fourth-order valence-corrected chi connectivity index (χ4v) is 1.68. The topological polar surface area (TPSA) is 32.7 Å². The van der Waals surface area contributed by atoms with Gasteiger partial charge in [-0.3, -0.25) is 4.90 Å². The summed E-state index contributed by atoms with van der Waals surface area (Å²) in [5, 5.41) is 8.71. The predicted octanol–water partition coefficient (Wildman–Crippen LogP) is 1.74. The lowest BCUT2D eigenvalue weighted by molar-refractivity contribution is 0.0975. The Hall–Kier alpha value is -1.64. The number of hydrogen-bond acceptors (Lipinski definition) is 3. The standard InChI is InChI=1S/C14H17F2NO2/c1-17(10-14(15)16)9-12-8-13(19-2)6-5-11(12)4-3-7-18/h5-6,8,14,18H,7,9-10H2,1-2H3. The Morgan fingerprint density at radius 3 is 2.74 bits per heavy atom. The van der Waals surface area contributed by atoms with E-state index in [1.165, 1.54) is 4.90 Å². The molecule has 0 aliphatic carbocycles. The van der Waals surface area contributed by atoms with Gasteiger partial charge in [0.2, 0.25) is 0 Å². The first-order valence-corrected chi connectivity index (χ1v) is 5.80.